The number of fused-ring (bicyclic) bond motifs is 1. The summed E-state index contributed by atoms with van der Waals surface area (Å²) in [4.78, 5) is 44.2. The molecule has 6 heteroatoms. The van der Waals surface area contributed by atoms with E-state index in [1.165, 1.54) is 43.5 Å². The number of hydrogen-bond acceptors (Lipinski definition) is 5. The molecule has 0 aromatic heterocycles. The van der Waals surface area contributed by atoms with E-state index in [2.05, 4.69) is 0 Å². The highest BCUT2D eigenvalue weighted by Gasteiger charge is 2.61. The van der Waals surface area contributed by atoms with E-state index in [1.54, 1.807) is 19.2 Å². The van der Waals surface area contributed by atoms with Crippen LogP contribution in [0.25, 0.3) is 0 Å². The van der Waals surface area contributed by atoms with Gasteiger partial charge in [-0.1, -0.05) is 36.4 Å². The molecule has 4 atom stereocenters. The molecule has 2 heterocycles. The number of halogens is 1. The second-order valence-corrected chi connectivity index (χ2v) is 12.9. The molecule has 0 spiro atoms. The van der Waals surface area contributed by atoms with Crippen LogP contribution in [0.4, 0.5) is 4.39 Å². The predicted molar refractivity (Wildman–Crippen MR) is 152 cm³/mol. The molecule has 0 N–H and O–H groups in total. The highest BCUT2D eigenvalue weighted by molar-refractivity contribution is 6.03. The Bertz CT molecular complexity index is 1390. The van der Waals surface area contributed by atoms with Crippen LogP contribution in [0, 0.1) is 34.9 Å². The van der Waals surface area contributed by atoms with Gasteiger partial charge in [0.1, 0.15) is 17.6 Å². The minimum atomic E-state index is -0.731. The first-order valence-corrected chi connectivity index (χ1v) is 15.1. The van der Waals surface area contributed by atoms with Crippen molar-refractivity contribution in [3.8, 4) is 0 Å². The van der Waals surface area contributed by atoms with Crippen molar-refractivity contribution in [1.29, 1.82) is 0 Å². The normalized spacial score (nSPS) is 34.7. The van der Waals surface area contributed by atoms with E-state index in [0.29, 0.717) is 28.9 Å². The highest BCUT2D eigenvalue weighted by Crippen LogP contribution is 2.62. The van der Waals surface area contributed by atoms with Gasteiger partial charge in [-0.15, -0.1) is 0 Å². The van der Waals surface area contributed by atoms with Gasteiger partial charge in [-0.2, -0.15) is 0 Å². The van der Waals surface area contributed by atoms with Gasteiger partial charge < -0.3 is 9.64 Å². The lowest BCUT2D eigenvalue weighted by molar-refractivity contribution is -0.148. The van der Waals surface area contributed by atoms with Crippen LogP contribution >= 0.6 is 0 Å². The molecule has 0 unspecified atom stereocenters. The van der Waals surface area contributed by atoms with Crippen LogP contribution < -0.4 is 0 Å². The molecule has 4 aliphatic carbocycles. The molecule has 2 aromatic rings. The summed E-state index contributed by atoms with van der Waals surface area (Å²) >= 11 is 0. The smallest absolute Gasteiger partial charge is 0.339 e. The lowest BCUT2D eigenvalue weighted by Crippen LogP contribution is -2.53. The Balaban J connectivity index is 1.36. The summed E-state index contributed by atoms with van der Waals surface area (Å²) in [5.41, 5.74) is 1.34. The summed E-state index contributed by atoms with van der Waals surface area (Å²) in [5.74, 6) is 0.228. The predicted octanol–water partition coefficient (Wildman–Crippen LogP) is 6.26. The zero-order chi connectivity index (χ0) is 28.3. The van der Waals surface area contributed by atoms with Crippen LogP contribution in [0.5, 0.6) is 0 Å². The van der Waals surface area contributed by atoms with Gasteiger partial charge in [0.25, 0.3) is 0 Å². The summed E-state index contributed by atoms with van der Waals surface area (Å²) in [6.45, 7) is 2.00. The fourth-order valence-corrected chi connectivity index (χ4v) is 9.32. The number of ketones is 2. The van der Waals surface area contributed by atoms with Gasteiger partial charge in [0, 0.05) is 23.1 Å². The topological polar surface area (TPSA) is 63.7 Å². The average Bonchev–Trinajstić information content (AvgIpc) is 3.31. The van der Waals surface area contributed by atoms with Crippen LogP contribution in [0.2, 0.25) is 0 Å². The Morgan fingerprint density at radius 3 is 2.17 bits per heavy atom. The minimum absolute atomic E-state index is 0.181. The molecule has 2 aromatic carbocycles. The van der Waals surface area contributed by atoms with Crippen molar-refractivity contribution in [2.45, 2.75) is 63.5 Å². The van der Waals surface area contributed by atoms with Gasteiger partial charge in [0.2, 0.25) is 0 Å². The van der Waals surface area contributed by atoms with Crippen LogP contribution in [0.1, 0.15) is 67.3 Å². The van der Waals surface area contributed by atoms with E-state index < -0.39 is 29.7 Å². The van der Waals surface area contributed by atoms with Crippen molar-refractivity contribution in [1.82, 2.24) is 4.90 Å². The monoisotopic (exact) mass is 553 g/mol. The lowest BCUT2D eigenvalue weighted by atomic mass is 9.47. The van der Waals surface area contributed by atoms with Gasteiger partial charge in [-0.25, -0.2) is 9.18 Å². The molecule has 212 valence electrons. The van der Waals surface area contributed by atoms with Crippen molar-refractivity contribution >= 4 is 17.5 Å². The number of esters is 1. The Hall–Kier alpha value is -3.54. The summed E-state index contributed by atoms with van der Waals surface area (Å²) < 4.78 is 19.1. The number of nitrogens with zero attached hydrogens (tertiary/aromatic N) is 1. The first-order valence-electron chi connectivity index (χ1n) is 15.1. The number of rotatable bonds is 7. The second-order valence-electron chi connectivity index (χ2n) is 12.9. The number of benzene rings is 2. The molecule has 5 nitrogen and oxygen atoms in total. The Morgan fingerprint density at radius 2 is 1.56 bits per heavy atom. The average molecular weight is 554 g/mol. The summed E-state index contributed by atoms with van der Waals surface area (Å²) in [6, 6.07) is 14.4. The van der Waals surface area contributed by atoms with Crippen LogP contribution in [-0.4, -0.2) is 41.1 Å². The quantitative estimate of drug-likeness (QED) is 0.299. The third-order valence-electron chi connectivity index (χ3n) is 10.5. The summed E-state index contributed by atoms with van der Waals surface area (Å²) in [6.07, 6.45) is 12.0. The van der Waals surface area contributed by atoms with E-state index in [-0.39, 0.29) is 29.6 Å². The maximum Gasteiger partial charge on any atom is 0.339 e. The SMILES string of the molecule is CCOC(=O)C1=CN2[C@H](C=C1)[C@H](C(=O)C13CC4CC(CC(C4)C1)C3)[C@H](c1ccccc1)[C@H]2C(=O)c1ccc(F)cc1. The summed E-state index contributed by atoms with van der Waals surface area (Å²) in [5, 5.41) is 0. The fraction of sp³-hybridized carbons (Fsp3) is 0.457. The molecular weight excluding hydrogens is 517 g/mol. The van der Waals surface area contributed by atoms with E-state index in [1.807, 2.05) is 41.3 Å². The lowest BCUT2D eigenvalue weighted by Gasteiger charge is -2.57. The third kappa shape index (κ3) is 4.38. The highest BCUT2D eigenvalue weighted by atomic mass is 19.1. The standard InChI is InChI=1S/C35H36FNO4/c1-2-41-34(40)26-10-13-28-30(33(39)35-17-21-14-22(18-35)16-23(15-21)19-35)29(24-6-4-3-5-7-24)31(37(28)20-26)32(38)25-8-11-27(36)12-9-25/h3-13,20-23,28-31H,2,14-19H2,1H3/t21?,22?,23?,28-,29+,30+,31+,35?/m1/s1. The Labute approximate surface area is 240 Å². The van der Waals surface area contributed by atoms with Crippen molar-refractivity contribution in [2.24, 2.45) is 29.1 Å². The maximum atomic E-state index is 15.1. The first kappa shape index (κ1) is 26.4. The molecule has 8 rings (SSSR count). The number of hydrogen-bond donors (Lipinski definition) is 0. The maximum absolute atomic E-state index is 15.1. The third-order valence-corrected chi connectivity index (χ3v) is 10.5. The van der Waals surface area contributed by atoms with Crippen molar-refractivity contribution in [2.75, 3.05) is 6.61 Å². The van der Waals surface area contributed by atoms with E-state index >= 15 is 4.79 Å². The number of carbonyl (C=O) groups excluding carboxylic acids is 3. The molecule has 2 aliphatic heterocycles. The van der Waals surface area contributed by atoms with Crippen LogP contribution in [0.15, 0.2) is 78.5 Å². The van der Waals surface area contributed by atoms with Crippen LogP contribution in [-0.2, 0) is 14.3 Å². The van der Waals surface area contributed by atoms with Crippen molar-refractivity contribution < 1.29 is 23.5 Å². The van der Waals surface area contributed by atoms with Crippen molar-refractivity contribution in [3.63, 3.8) is 0 Å². The number of ether oxygens (including phenoxy) is 1. The number of carbonyl (C=O) groups is 3. The van der Waals surface area contributed by atoms with E-state index in [4.69, 9.17) is 4.74 Å². The van der Waals surface area contributed by atoms with Gasteiger partial charge in [0.05, 0.1) is 24.1 Å². The van der Waals surface area contributed by atoms with E-state index in [9.17, 15) is 14.0 Å². The van der Waals surface area contributed by atoms with E-state index in [0.717, 1.165) is 24.8 Å². The molecule has 5 fully saturated rings. The molecule has 1 saturated heterocycles. The van der Waals surface area contributed by atoms with Crippen LogP contribution in [0.3, 0.4) is 0 Å². The second kappa shape index (κ2) is 10.1. The van der Waals surface area contributed by atoms with Gasteiger partial charge in [-0.3, -0.25) is 9.59 Å². The van der Waals surface area contributed by atoms with Gasteiger partial charge in [0.15, 0.2) is 5.78 Å². The molecule has 41 heavy (non-hydrogen) atoms. The Morgan fingerprint density at radius 1 is 0.927 bits per heavy atom. The minimum Gasteiger partial charge on any atom is -0.462 e. The molecule has 4 saturated carbocycles. The molecule has 0 radical (unpaired) electrons. The first-order chi connectivity index (χ1) is 19.9. The zero-order valence-electron chi connectivity index (χ0n) is 23.4. The van der Waals surface area contributed by atoms with Gasteiger partial charge >= 0.3 is 5.97 Å². The van der Waals surface area contributed by atoms with Crippen molar-refractivity contribution in [3.05, 3.63) is 95.5 Å². The number of Topliss-reactive ketones (excluding diaryl/α,β-unsaturated/α-hetero) is 2. The zero-order valence-corrected chi connectivity index (χ0v) is 23.4. The molecule has 0 amide bonds. The largest absolute Gasteiger partial charge is 0.462 e. The molecule has 6 aliphatic rings. The molecule has 4 bridgehead atoms. The Kier molecular flexibility index (Phi) is 6.48. The summed E-state index contributed by atoms with van der Waals surface area (Å²) in [7, 11) is 0. The molecular formula is C35H36FNO4. The fourth-order valence-electron chi connectivity index (χ4n) is 9.32. The van der Waals surface area contributed by atoms with Gasteiger partial charge in [-0.05, 0) is 99.1 Å².